The van der Waals surface area contributed by atoms with E-state index < -0.39 is 5.82 Å². The molecular formula is C12H11FN2. The van der Waals surface area contributed by atoms with E-state index in [9.17, 15) is 4.39 Å². The number of anilines is 1. The highest BCUT2D eigenvalue weighted by atomic mass is 19.1. The second-order valence-corrected chi connectivity index (χ2v) is 3.29. The Morgan fingerprint density at radius 2 is 2.27 bits per heavy atom. The van der Waals surface area contributed by atoms with Crippen molar-refractivity contribution in [2.45, 2.75) is 19.4 Å². The molecule has 0 aliphatic heterocycles. The van der Waals surface area contributed by atoms with Gasteiger partial charge < -0.3 is 5.32 Å². The Morgan fingerprint density at radius 1 is 1.53 bits per heavy atom. The van der Waals surface area contributed by atoms with E-state index in [4.69, 9.17) is 11.7 Å². The number of hydrogen-bond acceptors (Lipinski definition) is 2. The van der Waals surface area contributed by atoms with Crippen molar-refractivity contribution in [2.24, 2.45) is 0 Å². The fourth-order valence-corrected chi connectivity index (χ4v) is 1.25. The number of rotatable bonds is 3. The van der Waals surface area contributed by atoms with E-state index in [0.717, 1.165) is 0 Å². The molecule has 0 aromatic heterocycles. The summed E-state index contributed by atoms with van der Waals surface area (Å²) in [7, 11) is 0. The third kappa shape index (κ3) is 3.32. The van der Waals surface area contributed by atoms with E-state index in [1.807, 2.05) is 13.0 Å². The molecule has 2 nitrogen and oxygen atoms in total. The van der Waals surface area contributed by atoms with E-state index >= 15 is 0 Å². The Bertz CT molecular complexity index is 426. The summed E-state index contributed by atoms with van der Waals surface area (Å²) < 4.78 is 13.0. The van der Waals surface area contributed by atoms with Gasteiger partial charge in [0, 0.05) is 18.2 Å². The summed E-state index contributed by atoms with van der Waals surface area (Å²) >= 11 is 0. The molecular weight excluding hydrogens is 191 g/mol. The van der Waals surface area contributed by atoms with Crippen molar-refractivity contribution in [3.63, 3.8) is 0 Å². The molecule has 3 heteroatoms. The minimum absolute atomic E-state index is 0.0587. The normalized spacial score (nSPS) is 11.2. The van der Waals surface area contributed by atoms with Gasteiger partial charge in [-0.15, -0.1) is 12.3 Å². The topological polar surface area (TPSA) is 35.8 Å². The van der Waals surface area contributed by atoms with Gasteiger partial charge in [0.15, 0.2) is 0 Å². The highest BCUT2D eigenvalue weighted by Crippen LogP contribution is 2.14. The average Bonchev–Trinajstić information content (AvgIpc) is 2.17. The lowest BCUT2D eigenvalue weighted by molar-refractivity contribution is 0.627. The Labute approximate surface area is 88.7 Å². The molecule has 1 aromatic rings. The fraction of sp³-hybridized carbons (Fsp3) is 0.250. The largest absolute Gasteiger partial charge is 0.382 e. The van der Waals surface area contributed by atoms with E-state index in [1.54, 1.807) is 6.07 Å². The van der Waals surface area contributed by atoms with Gasteiger partial charge in [0.1, 0.15) is 5.82 Å². The van der Waals surface area contributed by atoms with E-state index in [2.05, 4.69) is 11.2 Å². The Hall–Kier alpha value is -2.00. The van der Waals surface area contributed by atoms with Crippen LogP contribution >= 0.6 is 0 Å². The standard InChI is InChI=1S/C12H11FN2/c1-3-4-9(2)15-12-6-10(8-14)5-11(13)7-12/h1,5-7,9,15H,4H2,2H3. The number of nitrogens with one attached hydrogen (secondary N) is 1. The smallest absolute Gasteiger partial charge is 0.126 e. The zero-order valence-corrected chi connectivity index (χ0v) is 8.42. The number of nitriles is 1. The number of hydrogen-bond donors (Lipinski definition) is 1. The van der Waals surface area contributed by atoms with Crippen LogP contribution in [0.25, 0.3) is 0 Å². The molecule has 0 fully saturated rings. The van der Waals surface area contributed by atoms with Crippen molar-refractivity contribution >= 4 is 5.69 Å². The molecule has 1 atom stereocenters. The molecule has 0 spiro atoms. The van der Waals surface area contributed by atoms with Gasteiger partial charge in [0.05, 0.1) is 11.6 Å². The van der Waals surface area contributed by atoms with Gasteiger partial charge in [-0.25, -0.2) is 4.39 Å². The molecule has 1 unspecified atom stereocenters. The Balaban J connectivity index is 2.83. The number of terminal acetylenes is 1. The van der Waals surface area contributed by atoms with Gasteiger partial charge >= 0.3 is 0 Å². The predicted octanol–water partition coefficient (Wildman–Crippen LogP) is 2.52. The minimum Gasteiger partial charge on any atom is -0.382 e. The predicted molar refractivity (Wildman–Crippen MR) is 57.6 cm³/mol. The molecule has 0 saturated carbocycles. The molecule has 1 N–H and O–H groups in total. The highest BCUT2D eigenvalue weighted by Gasteiger charge is 2.03. The summed E-state index contributed by atoms with van der Waals surface area (Å²) in [6.45, 7) is 1.90. The molecule has 0 bridgehead atoms. The van der Waals surface area contributed by atoms with Crippen LogP contribution < -0.4 is 5.32 Å². The first kappa shape index (κ1) is 11.1. The first-order valence-electron chi connectivity index (χ1n) is 4.56. The average molecular weight is 202 g/mol. The highest BCUT2D eigenvalue weighted by molar-refractivity contribution is 5.50. The summed E-state index contributed by atoms with van der Waals surface area (Å²) in [5, 5.41) is 11.7. The van der Waals surface area contributed by atoms with Gasteiger partial charge in [-0.1, -0.05) is 0 Å². The molecule has 0 saturated heterocycles. The molecule has 76 valence electrons. The maximum atomic E-state index is 13.0. The van der Waals surface area contributed by atoms with Crippen molar-refractivity contribution in [1.82, 2.24) is 0 Å². The second-order valence-electron chi connectivity index (χ2n) is 3.29. The first-order valence-corrected chi connectivity index (χ1v) is 4.56. The van der Waals surface area contributed by atoms with Crippen molar-refractivity contribution in [3.8, 4) is 18.4 Å². The van der Waals surface area contributed by atoms with Crippen molar-refractivity contribution in [1.29, 1.82) is 5.26 Å². The summed E-state index contributed by atoms with van der Waals surface area (Å²) in [5.41, 5.74) is 0.875. The minimum atomic E-state index is -0.426. The molecule has 0 radical (unpaired) electrons. The lowest BCUT2D eigenvalue weighted by atomic mass is 10.2. The number of benzene rings is 1. The first-order chi connectivity index (χ1) is 7.15. The molecule has 0 heterocycles. The number of halogens is 1. The monoisotopic (exact) mass is 202 g/mol. The van der Waals surface area contributed by atoms with Gasteiger partial charge in [0.2, 0.25) is 0 Å². The van der Waals surface area contributed by atoms with Crippen LogP contribution in [0, 0.1) is 29.5 Å². The third-order valence-corrected chi connectivity index (χ3v) is 1.86. The van der Waals surface area contributed by atoms with E-state index in [1.165, 1.54) is 12.1 Å². The molecule has 0 amide bonds. The quantitative estimate of drug-likeness (QED) is 0.764. The fourth-order valence-electron chi connectivity index (χ4n) is 1.25. The molecule has 15 heavy (non-hydrogen) atoms. The molecule has 0 aliphatic rings. The lowest BCUT2D eigenvalue weighted by Gasteiger charge is -2.12. The second kappa shape index (κ2) is 5.02. The Morgan fingerprint density at radius 3 is 2.87 bits per heavy atom. The SMILES string of the molecule is C#CCC(C)Nc1cc(F)cc(C#N)c1. The zero-order valence-electron chi connectivity index (χ0n) is 8.42. The van der Waals surface area contributed by atoms with Gasteiger partial charge in [-0.05, 0) is 25.1 Å². The summed E-state index contributed by atoms with van der Waals surface area (Å²) in [4.78, 5) is 0. The van der Waals surface area contributed by atoms with E-state index in [-0.39, 0.29) is 6.04 Å². The Kier molecular flexibility index (Phi) is 3.71. The summed E-state index contributed by atoms with van der Waals surface area (Å²) in [5.74, 6) is 2.08. The van der Waals surface area contributed by atoms with Crippen molar-refractivity contribution in [3.05, 3.63) is 29.6 Å². The number of nitrogens with zero attached hydrogens (tertiary/aromatic N) is 1. The van der Waals surface area contributed by atoms with Crippen LogP contribution in [0.2, 0.25) is 0 Å². The van der Waals surface area contributed by atoms with Gasteiger partial charge in [-0.2, -0.15) is 5.26 Å². The maximum absolute atomic E-state index is 13.0. The van der Waals surface area contributed by atoms with Crippen LogP contribution in [0.1, 0.15) is 18.9 Å². The van der Waals surface area contributed by atoms with E-state index in [0.29, 0.717) is 17.7 Å². The van der Waals surface area contributed by atoms with Crippen LogP contribution in [-0.2, 0) is 0 Å². The summed E-state index contributed by atoms with van der Waals surface area (Å²) in [6, 6.07) is 6.08. The van der Waals surface area contributed by atoms with Crippen molar-refractivity contribution in [2.75, 3.05) is 5.32 Å². The van der Waals surface area contributed by atoms with Crippen LogP contribution in [-0.4, -0.2) is 6.04 Å². The van der Waals surface area contributed by atoms with Crippen molar-refractivity contribution < 1.29 is 4.39 Å². The molecule has 1 aromatic carbocycles. The van der Waals surface area contributed by atoms with Crippen LogP contribution in [0.4, 0.5) is 10.1 Å². The van der Waals surface area contributed by atoms with Crippen LogP contribution in [0.5, 0.6) is 0 Å². The van der Waals surface area contributed by atoms with Crippen LogP contribution in [0.3, 0.4) is 0 Å². The van der Waals surface area contributed by atoms with Gasteiger partial charge in [-0.3, -0.25) is 0 Å². The lowest BCUT2D eigenvalue weighted by Crippen LogP contribution is -2.14. The maximum Gasteiger partial charge on any atom is 0.126 e. The third-order valence-electron chi connectivity index (χ3n) is 1.86. The molecule has 1 rings (SSSR count). The van der Waals surface area contributed by atoms with Gasteiger partial charge in [0.25, 0.3) is 0 Å². The summed E-state index contributed by atoms with van der Waals surface area (Å²) in [6.07, 6.45) is 5.71. The molecule has 0 aliphatic carbocycles. The van der Waals surface area contributed by atoms with Crippen LogP contribution in [0.15, 0.2) is 18.2 Å². The zero-order chi connectivity index (χ0) is 11.3.